The van der Waals surface area contributed by atoms with E-state index in [2.05, 4.69) is 15.5 Å². The fourth-order valence-corrected chi connectivity index (χ4v) is 5.25. The Labute approximate surface area is 183 Å². The van der Waals surface area contributed by atoms with Gasteiger partial charge >= 0.3 is 6.03 Å². The Bertz CT molecular complexity index is 1000. The van der Waals surface area contributed by atoms with Crippen molar-refractivity contribution in [2.75, 3.05) is 41.7 Å². The first-order chi connectivity index (χ1) is 14.3. The smallest absolute Gasteiger partial charge is 0.323 e. The summed E-state index contributed by atoms with van der Waals surface area (Å²) in [4.78, 5) is 14.9. The number of urea groups is 1. The fourth-order valence-electron chi connectivity index (χ4n) is 3.57. The first-order valence-electron chi connectivity index (χ1n) is 10.1. The molecule has 0 saturated carbocycles. The van der Waals surface area contributed by atoms with Crippen LogP contribution in [0.15, 0.2) is 47.4 Å². The minimum Gasteiger partial charge on any atom is -0.370 e. The number of sulfonamides is 1. The molecular weight excluding hydrogens is 424 g/mol. The van der Waals surface area contributed by atoms with Crippen LogP contribution < -0.4 is 15.5 Å². The van der Waals surface area contributed by atoms with Crippen molar-refractivity contribution in [1.29, 1.82) is 0 Å². The van der Waals surface area contributed by atoms with E-state index in [1.807, 2.05) is 0 Å². The van der Waals surface area contributed by atoms with Crippen LogP contribution in [0.5, 0.6) is 0 Å². The van der Waals surface area contributed by atoms with Crippen molar-refractivity contribution in [2.45, 2.75) is 31.6 Å². The van der Waals surface area contributed by atoms with Gasteiger partial charge in [0.1, 0.15) is 0 Å². The lowest BCUT2D eigenvalue weighted by molar-refractivity contribution is 0.262. The zero-order valence-corrected chi connectivity index (χ0v) is 18.8. The third-order valence-electron chi connectivity index (χ3n) is 5.09. The van der Waals surface area contributed by atoms with Gasteiger partial charge in [0.05, 0.1) is 16.3 Å². The van der Waals surface area contributed by atoms with Gasteiger partial charge in [0.25, 0.3) is 0 Å². The quantitative estimate of drug-likeness (QED) is 0.645. The molecule has 1 saturated heterocycles. The van der Waals surface area contributed by atoms with Crippen molar-refractivity contribution in [3.8, 4) is 0 Å². The second-order valence-electron chi connectivity index (χ2n) is 7.05. The van der Waals surface area contributed by atoms with Gasteiger partial charge in [-0.1, -0.05) is 31.5 Å². The summed E-state index contributed by atoms with van der Waals surface area (Å²) in [5.74, 6) is 0. The van der Waals surface area contributed by atoms with Crippen molar-refractivity contribution < 1.29 is 13.2 Å². The van der Waals surface area contributed by atoms with E-state index in [0.29, 0.717) is 29.5 Å². The van der Waals surface area contributed by atoms with Gasteiger partial charge in [-0.15, -0.1) is 0 Å². The Kier molecular flexibility index (Phi) is 7.23. The van der Waals surface area contributed by atoms with E-state index >= 15 is 0 Å². The number of nitrogens with one attached hydrogen (secondary N) is 2. The van der Waals surface area contributed by atoms with Gasteiger partial charge in [-0.05, 0) is 49.2 Å². The lowest BCUT2D eigenvalue weighted by atomic mass is 10.2. The summed E-state index contributed by atoms with van der Waals surface area (Å²) in [5, 5.41) is 6.08. The maximum absolute atomic E-state index is 13.0. The largest absolute Gasteiger partial charge is 0.370 e. The van der Waals surface area contributed by atoms with E-state index in [1.165, 1.54) is 4.31 Å². The van der Waals surface area contributed by atoms with E-state index in [0.717, 1.165) is 31.6 Å². The molecule has 3 rings (SSSR count). The SMILES string of the molecule is CCN(CC)S(=O)(=O)c1ccc(N2CCCC2)c(NC(=O)Nc2cccc(Cl)c2)c1. The van der Waals surface area contributed by atoms with Crippen LogP contribution in [0.25, 0.3) is 0 Å². The van der Waals surface area contributed by atoms with Gasteiger partial charge in [-0.2, -0.15) is 4.31 Å². The predicted molar refractivity (Wildman–Crippen MR) is 122 cm³/mol. The summed E-state index contributed by atoms with van der Waals surface area (Å²) in [6.45, 7) is 6.10. The average molecular weight is 451 g/mol. The first-order valence-corrected chi connectivity index (χ1v) is 11.9. The normalized spacial score (nSPS) is 14.2. The van der Waals surface area contributed by atoms with Crippen molar-refractivity contribution in [2.24, 2.45) is 0 Å². The molecule has 0 spiro atoms. The third kappa shape index (κ3) is 5.06. The zero-order valence-electron chi connectivity index (χ0n) is 17.2. The molecule has 162 valence electrons. The van der Waals surface area contributed by atoms with Crippen LogP contribution in [-0.4, -0.2) is 44.9 Å². The molecule has 1 fully saturated rings. The van der Waals surface area contributed by atoms with Crippen molar-refractivity contribution in [3.05, 3.63) is 47.5 Å². The molecule has 0 radical (unpaired) electrons. The van der Waals surface area contributed by atoms with Crippen LogP contribution in [0.3, 0.4) is 0 Å². The van der Waals surface area contributed by atoms with Crippen LogP contribution in [-0.2, 0) is 10.0 Å². The standard InChI is InChI=1S/C21H27ClN4O3S/c1-3-26(4-2)30(28,29)18-10-11-20(25-12-5-6-13-25)19(15-18)24-21(27)23-17-9-7-8-16(22)14-17/h7-11,14-15H,3-6,12-13H2,1-2H3,(H2,23,24,27). The Hall–Kier alpha value is -2.29. The molecule has 0 unspecified atom stereocenters. The molecule has 9 heteroatoms. The highest BCUT2D eigenvalue weighted by Gasteiger charge is 2.25. The highest BCUT2D eigenvalue weighted by molar-refractivity contribution is 7.89. The van der Waals surface area contributed by atoms with Gasteiger partial charge in [0, 0.05) is 36.9 Å². The monoisotopic (exact) mass is 450 g/mol. The fraction of sp³-hybridized carbons (Fsp3) is 0.381. The van der Waals surface area contributed by atoms with Gasteiger partial charge in [0.15, 0.2) is 0 Å². The Morgan fingerprint density at radius 2 is 1.77 bits per heavy atom. The number of rotatable bonds is 7. The maximum Gasteiger partial charge on any atom is 0.323 e. The number of halogens is 1. The second kappa shape index (κ2) is 9.68. The number of hydrogen-bond donors (Lipinski definition) is 2. The first kappa shape index (κ1) is 22.4. The van der Waals surface area contributed by atoms with Crippen LogP contribution in [0, 0.1) is 0 Å². The van der Waals surface area contributed by atoms with Crippen LogP contribution in [0.1, 0.15) is 26.7 Å². The number of hydrogen-bond acceptors (Lipinski definition) is 4. The summed E-state index contributed by atoms with van der Waals surface area (Å²) in [7, 11) is -3.64. The van der Waals surface area contributed by atoms with Crippen molar-refractivity contribution in [3.63, 3.8) is 0 Å². The van der Waals surface area contributed by atoms with E-state index in [9.17, 15) is 13.2 Å². The lowest BCUT2D eigenvalue weighted by Crippen LogP contribution is -2.31. The summed E-state index contributed by atoms with van der Waals surface area (Å²) in [5.41, 5.74) is 1.83. The highest BCUT2D eigenvalue weighted by atomic mass is 35.5. The number of benzene rings is 2. The molecule has 1 aliphatic rings. The predicted octanol–water partition coefficient (Wildman–Crippen LogP) is 4.61. The third-order valence-corrected chi connectivity index (χ3v) is 7.37. The zero-order chi connectivity index (χ0) is 21.7. The second-order valence-corrected chi connectivity index (χ2v) is 9.43. The van der Waals surface area contributed by atoms with E-state index in [1.54, 1.807) is 56.3 Å². The molecule has 1 aliphatic heterocycles. The molecule has 2 amide bonds. The minimum atomic E-state index is -3.64. The Morgan fingerprint density at radius 1 is 1.07 bits per heavy atom. The van der Waals surface area contributed by atoms with Gasteiger partial charge < -0.3 is 15.5 Å². The molecule has 7 nitrogen and oxygen atoms in total. The molecule has 0 atom stereocenters. The van der Waals surface area contributed by atoms with Gasteiger partial charge in [-0.25, -0.2) is 13.2 Å². The molecular formula is C21H27ClN4O3S. The summed E-state index contributed by atoms with van der Waals surface area (Å²) in [6.07, 6.45) is 2.13. The van der Waals surface area contributed by atoms with E-state index < -0.39 is 16.1 Å². The number of amides is 2. The van der Waals surface area contributed by atoms with Crippen LogP contribution in [0.2, 0.25) is 5.02 Å². The molecule has 0 aromatic heterocycles. The lowest BCUT2D eigenvalue weighted by Gasteiger charge is -2.24. The molecule has 2 N–H and O–H groups in total. The number of carbonyl (C=O) groups is 1. The highest BCUT2D eigenvalue weighted by Crippen LogP contribution is 2.32. The summed E-state index contributed by atoms with van der Waals surface area (Å²) >= 11 is 5.98. The maximum atomic E-state index is 13.0. The Balaban J connectivity index is 1.92. The van der Waals surface area contributed by atoms with Crippen molar-refractivity contribution in [1.82, 2.24) is 4.31 Å². The van der Waals surface area contributed by atoms with E-state index in [4.69, 9.17) is 11.6 Å². The summed E-state index contributed by atoms with van der Waals surface area (Å²) < 4.78 is 27.3. The molecule has 30 heavy (non-hydrogen) atoms. The van der Waals surface area contributed by atoms with Gasteiger partial charge in [0.2, 0.25) is 10.0 Å². The summed E-state index contributed by atoms with van der Waals surface area (Å²) in [6, 6.07) is 11.3. The molecule has 0 aliphatic carbocycles. The Morgan fingerprint density at radius 3 is 2.40 bits per heavy atom. The number of carbonyl (C=O) groups excluding carboxylic acids is 1. The molecule has 1 heterocycles. The minimum absolute atomic E-state index is 0.159. The van der Waals surface area contributed by atoms with E-state index in [-0.39, 0.29) is 4.90 Å². The van der Waals surface area contributed by atoms with Crippen LogP contribution >= 0.6 is 11.6 Å². The average Bonchev–Trinajstić information content (AvgIpc) is 3.23. The topological polar surface area (TPSA) is 81.8 Å². The number of nitrogens with zero attached hydrogens (tertiary/aromatic N) is 2. The van der Waals surface area contributed by atoms with Crippen LogP contribution in [0.4, 0.5) is 21.9 Å². The molecule has 2 aromatic carbocycles. The van der Waals surface area contributed by atoms with Gasteiger partial charge in [-0.3, -0.25) is 0 Å². The van der Waals surface area contributed by atoms with Crippen molar-refractivity contribution >= 4 is 44.7 Å². The number of anilines is 3. The molecule has 0 bridgehead atoms. The molecule has 2 aromatic rings.